The van der Waals surface area contributed by atoms with E-state index in [0.29, 0.717) is 25.8 Å². The van der Waals surface area contributed by atoms with Crippen molar-refractivity contribution in [2.45, 2.75) is 44.8 Å². The highest BCUT2D eigenvalue weighted by atomic mass is 19.1. The van der Waals surface area contributed by atoms with Crippen LogP contribution >= 0.6 is 0 Å². The van der Waals surface area contributed by atoms with Gasteiger partial charge >= 0.3 is 0 Å². The number of rotatable bonds is 11. The van der Waals surface area contributed by atoms with Gasteiger partial charge < -0.3 is 20.5 Å². The topological polar surface area (TPSA) is 90.6 Å². The van der Waals surface area contributed by atoms with E-state index >= 15 is 0 Å². The minimum absolute atomic E-state index is 0.338. The van der Waals surface area contributed by atoms with Crippen molar-refractivity contribution in [1.82, 2.24) is 5.32 Å². The molecule has 1 atom stereocenters. The van der Waals surface area contributed by atoms with Crippen molar-refractivity contribution in [1.29, 1.82) is 0 Å². The maximum Gasteiger partial charge on any atom is 0.252 e. The number of amides is 1. The summed E-state index contributed by atoms with van der Waals surface area (Å²) in [5, 5.41) is 2.61. The van der Waals surface area contributed by atoms with Gasteiger partial charge in [-0.25, -0.2) is 8.78 Å². The Morgan fingerprint density at radius 2 is 1.85 bits per heavy atom. The molecule has 0 fully saturated rings. The normalized spacial score (nSPS) is 12.5. The van der Waals surface area contributed by atoms with Gasteiger partial charge in [0.2, 0.25) is 0 Å². The molecule has 8 heteroatoms. The van der Waals surface area contributed by atoms with Crippen LogP contribution in [0.2, 0.25) is 0 Å². The predicted molar refractivity (Wildman–Crippen MR) is 92.8 cm³/mol. The molecule has 0 unspecified atom stereocenters. The van der Waals surface area contributed by atoms with E-state index in [9.17, 15) is 18.4 Å². The van der Waals surface area contributed by atoms with Crippen LogP contribution in [-0.2, 0) is 14.3 Å². The molecule has 3 N–H and O–H groups in total. The summed E-state index contributed by atoms with van der Waals surface area (Å²) in [7, 11) is 1.38. The van der Waals surface area contributed by atoms with Crippen molar-refractivity contribution in [2.24, 2.45) is 5.73 Å². The van der Waals surface area contributed by atoms with E-state index in [2.05, 4.69) is 5.32 Å². The van der Waals surface area contributed by atoms with E-state index in [1.807, 2.05) is 0 Å². The Balaban J connectivity index is 2.78. The summed E-state index contributed by atoms with van der Waals surface area (Å²) in [5.74, 6) is -3.39. The van der Waals surface area contributed by atoms with Crippen LogP contribution in [0.1, 0.15) is 33.1 Å². The largest absolute Gasteiger partial charge is 0.480 e. The Morgan fingerprint density at radius 3 is 2.38 bits per heavy atom. The monoisotopic (exact) mass is 372 g/mol. The summed E-state index contributed by atoms with van der Waals surface area (Å²) in [6, 6.07) is 2.40. The van der Waals surface area contributed by atoms with Crippen LogP contribution in [0.4, 0.5) is 8.78 Å². The number of hydrogen-bond acceptors (Lipinski definition) is 5. The van der Waals surface area contributed by atoms with Crippen LogP contribution < -0.4 is 15.8 Å². The van der Waals surface area contributed by atoms with E-state index in [-0.39, 0.29) is 0 Å². The van der Waals surface area contributed by atoms with Crippen molar-refractivity contribution in [3.63, 3.8) is 0 Å². The van der Waals surface area contributed by atoms with E-state index in [1.165, 1.54) is 13.2 Å². The van der Waals surface area contributed by atoms with Crippen LogP contribution in [0.3, 0.4) is 0 Å². The number of unbranched alkanes of at least 4 members (excludes halogenated alkanes) is 1. The molecule has 1 rings (SSSR count). The standard InChI is InChI=1S/C18H26F2N2O4/c1-18(2,25-3)17(24)22-14(9-4-5-10-21)15(23)11-26-16-12(19)7-6-8-13(16)20/h6-8,14H,4-5,9-11,21H2,1-3H3,(H,22,24)/t14-/m0/s1. The molecule has 0 aliphatic carbocycles. The second kappa shape index (κ2) is 10.2. The molecule has 0 saturated carbocycles. The molecule has 0 bridgehead atoms. The number of nitrogens with one attached hydrogen (secondary N) is 1. The molecule has 0 spiro atoms. The van der Waals surface area contributed by atoms with Crippen LogP contribution in [0, 0.1) is 11.6 Å². The first kappa shape index (κ1) is 22.0. The first-order valence-corrected chi connectivity index (χ1v) is 8.38. The zero-order valence-electron chi connectivity index (χ0n) is 15.3. The van der Waals surface area contributed by atoms with Crippen molar-refractivity contribution >= 4 is 11.7 Å². The van der Waals surface area contributed by atoms with E-state index in [0.717, 1.165) is 12.1 Å². The average molecular weight is 372 g/mol. The van der Waals surface area contributed by atoms with Gasteiger partial charge in [-0.3, -0.25) is 9.59 Å². The third-order valence-electron chi connectivity index (χ3n) is 3.98. The molecule has 0 radical (unpaired) electrons. The van der Waals surface area contributed by atoms with Gasteiger partial charge in [0.15, 0.2) is 23.2 Å². The third-order valence-corrected chi connectivity index (χ3v) is 3.98. The first-order valence-electron chi connectivity index (χ1n) is 8.38. The summed E-state index contributed by atoms with van der Waals surface area (Å²) >= 11 is 0. The molecular formula is C18H26F2N2O4. The molecule has 0 aliphatic heterocycles. The number of ether oxygens (including phenoxy) is 2. The summed E-state index contributed by atoms with van der Waals surface area (Å²) in [5.41, 5.74) is 4.33. The quantitative estimate of drug-likeness (QED) is 0.580. The zero-order chi connectivity index (χ0) is 19.7. The van der Waals surface area contributed by atoms with E-state index < -0.39 is 47.3 Å². The summed E-state index contributed by atoms with van der Waals surface area (Å²) in [6.45, 7) is 3.01. The lowest BCUT2D eigenvalue weighted by atomic mass is 10.0. The molecule has 146 valence electrons. The second-order valence-electron chi connectivity index (χ2n) is 6.33. The highest BCUT2D eigenvalue weighted by Crippen LogP contribution is 2.21. The smallest absolute Gasteiger partial charge is 0.252 e. The fourth-order valence-electron chi connectivity index (χ4n) is 2.10. The van der Waals surface area contributed by atoms with Gasteiger partial charge in [0.1, 0.15) is 12.2 Å². The van der Waals surface area contributed by atoms with Gasteiger partial charge in [0.05, 0.1) is 6.04 Å². The van der Waals surface area contributed by atoms with E-state index in [4.69, 9.17) is 15.2 Å². The van der Waals surface area contributed by atoms with Gasteiger partial charge in [-0.05, 0) is 51.8 Å². The van der Waals surface area contributed by atoms with Crippen molar-refractivity contribution in [2.75, 3.05) is 20.3 Å². The molecule has 1 aromatic rings. The molecule has 6 nitrogen and oxygen atoms in total. The Kier molecular flexibility index (Phi) is 8.60. The number of hydrogen-bond donors (Lipinski definition) is 2. The van der Waals surface area contributed by atoms with Gasteiger partial charge in [-0.15, -0.1) is 0 Å². The molecule has 0 aliphatic rings. The Labute approximate surface area is 152 Å². The molecular weight excluding hydrogens is 346 g/mol. The average Bonchev–Trinajstić information content (AvgIpc) is 2.60. The van der Waals surface area contributed by atoms with E-state index in [1.54, 1.807) is 13.8 Å². The van der Waals surface area contributed by atoms with Gasteiger partial charge in [-0.1, -0.05) is 6.07 Å². The van der Waals surface area contributed by atoms with Crippen molar-refractivity contribution in [3.8, 4) is 5.75 Å². The highest BCUT2D eigenvalue weighted by Gasteiger charge is 2.31. The Hall–Kier alpha value is -2.06. The number of Topliss-reactive ketones (excluding diaryl/α,β-unsaturated/α-hetero) is 1. The highest BCUT2D eigenvalue weighted by molar-refractivity contribution is 5.92. The minimum atomic E-state index is -1.12. The number of halogens is 2. The first-order chi connectivity index (χ1) is 12.2. The fraction of sp³-hybridized carbons (Fsp3) is 0.556. The van der Waals surface area contributed by atoms with Crippen LogP contribution in [-0.4, -0.2) is 43.6 Å². The molecule has 26 heavy (non-hydrogen) atoms. The summed E-state index contributed by atoms with van der Waals surface area (Å²) in [6.07, 6.45) is 1.62. The number of carbonyl (C=O) groups is 2. The zero-order valence-corrected chi connectivity index (χ0v) is 15.3. The summed E-state index contributed by atoms with van der Waals surface area (Å²) < 4.78 is 37.3. The SMILES string of the molecule is COC(C)(C)C(=O)N[C@@H](CCCCN)C(=O)COc1c(F)cccc1F. The Morgan fingerprint density at radius 1 is 1.23 bits per heavy atom. The van der Waals surface area contributed by atoms with Gasteiger partial charge in [0.25, 0.3) is 5.91 Å². The molecule has 0 saturated heterocycles. The lowest BCUT2D eigenvalue weighted by molar-refractivity contribution is -0.142. The summed E-state index contributed by atoms with van der Waals surface area (Å²) in [4.78, 5) is 24.7. The number of methoxy groups -OCH3 is 1. The number of ketones is 1. The minimum Gasteiger partial charge on any atom is -0.480 e. The number of para-hydroxylation sites is 1. The maximum atomic E-state index is 13.6. The van der Waals surface area contributed by atoms with Crippen molar-refractivity contribution < 1.29 is 27.8 Å². The maximum absolute atomic E-state index is 13.6. The van der Waals surface area contributed by atoms with Crippen molar-refractivity contribution in [3.05, 3.63) is 29.8 Å². The van der Waals surface area contributed by atoms with Crippen LogP contribution in [0.5, 0.6) is 5.75 Å². The van der Waals surface area contributed by atoms with Gasteiger partial charge in [-0.2, -0.15) is 0 Å². The Bertz CT molecular complexity index is 603. The molecule has 1 aromatic carbocycles. The van der Waals surface area contributed by atoms with Gasteiger partial charge in [0, 0.05) is 7.11 Å². The molecule has 0 heterocycles. The number of carbonyl (C=O) groups excluding carboxylic acids is 2. The lowest BCUT2D eigenvalue weighted by Crippen LogP contribution is -2.51. The van der Waals surface area contributed by atoms with Crippen LogP contribution in [0.15, 0.2) is 18.2 Å². The third kappa shape index (κ3) is 6.34. The lowest BCUT2D eigenvalue weighted by Gasteiger charge is -2.25. The predicted octanol–water partition coefficient (Wildman–Crippen LogP) is 1.95. The van der Waals surface area contributed by atoms with Crippen LogP contribution in [0.25, 0.3) is 0 Å². The number of nitrogens with two attached hydrogens (primary N) is 1. The second-order valence-corrected chi connectivity index (χ2v) is 6.33. The fourth-order valence-corrected chi connectivity index (χ4v) is 2.10. The molecule has 0 aromatic heterocycles. The molecule has 1 amide bonds. The number of benzene rings is 1.